The lowest BCUT2D eigenvalue weighted by molar-refractivity contribution is 0.415. The van der Waals surface area contributed by atoms with Crippen LogP contribution in [0.1, 0.15) is 16.7 Å². The Morgan fingerprint density at radius 1 is 1.05 bits per heavy atom. The Morgan fingerprint density at radius 2 is 1.80 bits per heavy atom. The Bertz CT molecular complexity index is 608. The van der Waals surface area contributed by atoms with Crippen LogP contribution in [0.5, 0.6) is 5.75 Å². The van der Waals surface area contributed by atoms with E-state index < -0.39 is 0 Å². The first-order valence-corrected chi connectivity index (χ1v) is 6.74. The molecule has 0 unspecified atom stereocenters. The van der Waals surface area contributed by atoms with Crippen LogP contribution in [0.3, 0.4) is 0 Å². The highest BCUT2D eigenvalue weighted by Gasteiger charge is 2.12. The predicted molar refractivity (Wildman–Crippen MR) is 84.9 cm³/mol. The van der Waals surface area contributed by atoms with E-state index in [4.69, 9.17) is 10.5 Å². The van der Waals surface area contributed by atoms with Crippen LogP contribution in [-0.2, 0) is 6.54 Å². The molecule has 2 rings (SSSR count). The third kappa shape index (κ3) is 2.78. The van der Waals surface area contributed by atoms with Crippen LogP contribution in [0.25, 0.3) is 0 Å². The largest absolute Gasteiger partial charge is 0.497 e. The molecule has 0 fully saturated rings. The summed E-state index contributed by atoms with van der Waals surface area (Å²) < 4.78 is 5.32. The van der Waals surface area contributed by atoms with E-state index in [0.29, 0.717) is 6.54 Å². The predicted octanol–water partition coefficient (Wildman–Crippen LogP) is 3.54. The number of rotatable bonds is 4. The second-order valence-corrected chi connectivity index (χ2v) is 5.05. The van der Waals surface area contributed by atoms with Crippen molar-refractivity contribution in [2.24, 2.45) is 5.73 Å². The summed E-state index contributed by atoms with van der Waals surface area (Å²) in [5, 5.41) is 0. The smallest absolute Gasteiger partial charge is 0.120 e. The summed E-state index contributed by atoms with van der Waals surface area (Å²) in [7, 11) is 3.74. The van der Waals surface area contributed by atoms with Crippen molar-refractivity contribution < 1.29 is 4.74 Å². The molecule has 0 atom stereocenters. The Balaban J connectivity index is 2.48. The zero-order chi connectivity index (χ0) is 14.7. The van der Waals surface area contributed by atoms with Crippen LogP contribution in [0.15, 0.2) is 36.4 Å². The van der Waals surface area contributed by atoms with Gasteiger partial charge in [-0.1, -0.05) is 23.8 Å². The molecule has 106 valence electrons. The van der Waals surface area contributed by atoms with Crippen LogP contribution in [0, 0.1) is 13.8 Å². The Labute approximate surface area is 121 Å². The first-order valence-electron chi connectivity index (χ1n) is 6.74. The number of hydrogen-bond acceptors (Lipinski definition) is 3. The topological polar surface area (TPSA) is 38.5 Å². The highest BCUT2D eigenvalue weighted by atomic mass is 16.5. The van der Waals surface area contributed by atoms with Crippen molar-refractivity contribution in [1.29, 1.82) is 0 Å². The molecule has 0 aromatic heterocycles. The van der Waals surface area contributed by atoms with Crippen LogP contribution >= 0.6 is 0 Å². The van der Waals surface area contributed by atoms with Crippen molar-refractivity contribution in [3.05, 3.63) is 53.1 Å². The normalized spacial score (nSPS) is 10.4. The molecule has 3 nitrogen and oxygen atoms in total. The fourth-order valence-electron chi connectivity index (χ4n) is 2.47. The summed E-state index contributed by atoms with van der Waals surface area (Å²) in [6.07, 6.45) is 0. The first-order chi connectivity index (χ1) is 9.56. The number of anilines is 2. The maximum absolute atomic E-state index is 5.85. The van der Waals surface area contributed by atoms with Crippen molar-refractivity contribution in [2.75, 3.05) is 19.1 Å². The maximum atomic E-state index is 5.85. The van der Waals surface area contributed by atoms with Gasteiger partial charge in [0.2, 0.25) is 0 Å². The summed E-state index contributed by atoms with van der Waals surface area (Å²) >= 11 is 0. The standard InChI is InChI=1S/C17H22N2O/c1-12-5-8-16(13(2)9-12)19(3)17-10-15(20-4)7-6-14(17)11-18/h5-10H,11,18H2,1-4H3. The zero-order valence-corrected chi connectivity index (χ0v) is 12.6. The average molecular weight is 270 g/mol. The second kappa shape index (κ2) is 5.97. The van der Waals surface area contributed by atoms with Crippen LogP contribution in [0.2, 0.25) is 0 Å². The molecule has 0 bridgehead atoms. The van der Waals surface area contributed by atoms with Gasteiger partial charge in [0.1, 0.15) is 5.75 Å². The molecule has 0 heterocycles. The minimum absolute atomic E-state index is 0.509. The Morgan fingerprint density at radius 3 is 2.40 bits per heavy atom. The molecule has 2 aromatic carbocycles. The lowest BCUT2D eigenvalue weighted by Gasteiger charge is -2.25. The molecule has 0 spiro atoms. The van der Waals surface area contributed by atoms with E-state index in [-0.39, 0.29) is 0 Å². The highest BCUT2D eigenvalue weighted by molar-refractivity contribution is 5.70. The summed E-state index contributed by atoms with van der Waals surface area (Å²) in [6, 6.07) is 12.5. The van der Waals surface area contributed by atoms with E-state index in [9.17, 15) is 0 Å². The molecule has 20 heavy (non-hydrogen) atoms. The summed E-state index contributed by atoms with van der Waals surface area (Å²) in [4.78, 5) is 2.17. The molecule has 0 amide bonds. The molecule has 0 aliphatic rings. The average Bonchev–Trinajstić information content (AvgIpc) is 2.46. The van der Waals surface area contributed by atoms with Gasteiger partial charge in [0.05, 0.1) is 7.11 Å². The van der Waals surface area contributed by atoms with Crippen LogP contribution in [0.4, 0.5) is 11.4 Å². The number of ether oxygens (including phenoxy) is 1. The second-order valence-electron chi connectivity index (χ2n) is 5.05. The van der Waals surface area contributed by atoms with Gasteiger partial charge in [0, 0.05) is 31.0 Å². The van der Waals surface area contributed by atoms with Crippen molar-refractivity contribution >= 4 is 11.4 Å². The third-order valence-corrected chi connectivity index (χ3v) is 3.59. The van der Waals surface area contributed by atoms with Gasteiger partial charge in [-0.25, -0.2) is 0 Å². The van der Waals surface area contributed by atoms with Crippen molar-refractivity contribution in [2.45, 2.75) is 20.4 Å². The minimum atomic E-state index is 0.509. The zero-order valence-electron chi connectivity index (χ0n) is 12.6. The number of methoxy groups -OCH3 is 1. The molecule has 0 saturated carbocycles. The van der Waals surface area contributed by atoms with Gasteiger partial charge in [-0.15, -0.1) is 0 Å². The third-order valence-electron chi connectivity index (χ3n) is 3.59. The van der Waals surface area contributed by atoms with E-state index in [1.165, 1.54) is 16.8 Å². The van der Waals surface area contributed by atoms with E-state index in [1.807, 2.05) is 18.2 Å². The molecule has 0 radical (unpaired) electrons. The number of benzene rings is 2. The van der Waals surface area contributed by atoms with Crippen LogP contribution < -0.4 is 15.4 Å². The van der Waals surface area contributed by atoms with Gasteiger partial charge >= 0.3 is 0 Å². The SMILES string of the molecule is COc1ccc(CN)c(N(C)c2ccc(C)cc2C)c1. The lowest BCUT2D eigenvalue weighted by Crippen LogP contribution is -2.14. The quantitative estimate of drug-likeness (QED) is 0.923. The molecule has 2 aromatic rings. The summed E-state index contributed by atoms with van der Waals surface area (Å²) in [6.45, 7) is 4.74. The number of nitrogens with two attached hydrogens (primary N) is 1. The minimum Gasteiger partial charge on any atom is -0.497 e. The lowest BCUT2D eigenvalue weighted by atomic mass is 10.1. The fraction of sp³-hybridized carbons (Fsp3) is 0.294. The van der Waals surface area contributed by atoms with Crippen molar-refractivity contribution in [3.8, 4) is 5.75 Å². The van der Waals surface area contributed by atoms with E-state index in [0.717, 1.165) is 17.0 Å². The first kappa shape index (κ1) is 14.4. The van der Waals surface area contributed by atoms with Gasteiger partial charge in [0.15, 0.2) is 0 Å². The van der Waals surface area contributed by atoms with Gasteiger partial charge in [-0.3, -0.25) is 0 Å². The van der Waals surface area contributed by atoms with Gasteiger partial charge < -0.3 is 15.4 Å². The molecular weight excluding hydrogens is 248 g/mol. The van der Waals surface area contributed by atoms with Crippen molar-refractivity contribution in [1.82, 2.24) is 0 Å². The Kier molecular flexibility index (Phi) is 4.30. The van der Waals surface area contributed by atoms with Crippen LogP contribution in [-0.4, -0.2) is 14.2 Å². The molecule has 0 saturated heterocycles. The fourth-order valence-corrected chi connectivity index (χ4v) is 2.47. The molecule has 0 aliphatic carbocycles. The van der Waals surface area contributed by atoms with E-state index >= 15 is 0 Å². The van der Waals surface area contributed by atoms with Gasteiger partial charge in [-0.05, 0) is 37.1 Å². The molecule has 2 N–H and O–H groups in total. The Hall–Kier alpha value is -2.00. The number of aryl methyl sites for hydroxylation is 2. The van der Waals surface area contributed by atoms with Gasteiger partial charge in [-0.2, -0.15) is 0 Å². The highest BCUT2D eigenvalue weighted by Crippen LogP contribution is 2.32. The van der Waals surface area contributed by atoms with Gasteiger partial charge in [0.25, 0.3) is 0 Å². The van der Waals surface area contributed by atoms with Crippen molar-refractivity contribution in [3.63, 3.8) is 0 Å². The maximum Gasteiger partial charge on any atom is 0.120 e. The summed E-state index contributed by atoms with van der Waals surface area (Å²) in [5.41, 5.74) is 11.7. The summed E-state index contributed by atoms with van der Waals surface area (Å²) in [5.74, 6) is 0.841. The molecular formula is C17H22N2O. The number of nitrogens with zero attached hydrogens (tertiary/aromatic N) is 1. The molecule has 3 heteroatoms. The molecule has 0 aliphatic heterocycles. The number of hydrogen-bond donors (Lipinski definition) is 1. The van der Waals surface area contributed by atoms with E-state index in [1.54, 1.807) is 7.11 Å². The monoisotopic (exact) mass is 270 g/mol. The van der Waals surface area contributed by atoms with E-state index in [2.05, 4.69) is 44.0 Å².